The van der Waals surface area contributed by atoms with Gasteiger partial charge in [0.1, 0.15) is 0 Å². The Labute approximate surface area is 204 Å². The Morgan fingerprint density at radius 3 is 1.49 bits per heavy atom. The Morgan fingerprint density at radius 2 is 1.00 bits per heavy atom. The van der Waals surface area contributed by atoms with E-state index >= 15 is 0 Å². The van der Waals surface area contributed by atoms with E-state index in [0.717, 1.165) is 35.1 Å². The molecule has 1 spiro atoms. The summed E-state index contributed by atoms with van der Waals surface area (Å²) in [5, 5.41) is 20.7. The Kier molecular flexibility index (Phi) is 3.96. The summed E-state index contributed by atoms with van der Waals surface area (Å²) >= 11 is 0. The van der Waals surface area contributed by atoms with E-state index in [9.17, 15) is 10.2 Å². The van der Waals surface area contributed by atoms with Crippen LogP contribution in [-0.2, 0) is 16.2 Å². The quantitative estimate of drug-likeness (QED) is 0.206. The van der Waals surface area contributed by atoms with Crippen molar-refractivity contribution in [1.82, 2.24) is 0 Å². The third-order valence-corrected chi connectivity index (χ3v) is 7.90. The predicted molar refractivity (Wildman–Crippen MR) is 131 cm³/mol. The second-order valence-electron chi connectivity index (χ2n) is 11.1. The fourth-order valence-electron chi connectivity index (χ4n) is 6.61. The minimum atomic E-state index is -0.350. The first-order chi connectivity index (χ1) is 16.5. The van der Waals surface area contributed by atoms with E-state index in [0.29, 0.717) is 23.0 Å². The zero-order chi connectivity index (χ0) is 24.9. The molecular weight excluding hydrogens is 440 g/mol. The maximum atomic E-state index is 10.4. The van der Waals surface area contributed by atoms with Gasteiger partial charge in [-0.05, 0) is 82.3 Å². The van der Waals surface area contributed by atoms with Crippen LogP contribution in [0.1, 0.15) is 62.8 Å². The molecular formula is C29H24N2O4. The Morgan fingerprint density at radius 1 is 0.629 bits per heavy atom. The first-order valence-electron chi connectivity index (χ1n) is 11.5. The molecule has 0 saturated heterocycles. The van der Waals surface area contributed by atoms with E-state index in [-0.39, 0.29) is 39.1 Å². The molecule has 0 saturated carbocycles. The molecule has 1 unspecified atom stereocenters. The number of hydrogen-bond donors (Lipinski definition) is 2. The van der Waals surface area contributed by atoms with Gasteiger partial charge in [0.25, 0.3) is 0 Å². The van der Waals surface area contributed by atoms with Gasteiger partial charge >= 0.3 is 0 Å². The molecule has 0 radical (unpaired) electrons. The fourth-order valence-corrected chi connectivity index (χ4v) is 6.61. The lowest BCUT2D eigenvalue weighted by molar-refractivity contribution is 0.348. The fraction of sp³-hybridized carbons (Fsp3) is 0.310. The number of ether oxygens (including phenoxy) is 2. The largest absolute Gasteiger partial charge is 0.504 e. The van der Waals surface area contributed by atoms with Crippen molar-refractivity contribution in [1.29, 1.82) is 0 Å². The number of aromatic hydroxyl groups is 2. The number of hydrogen-bond acceptors (Lipinski definition) is 4. The van der Waals surface area contributed by atoms with Crippen molar-refractivity contribution >= 4 is 11.4 Å². The first-order valence-corrected chi connectivity index (χ1v) is 11.5. The Hall–Kier alpha value is -4.16. The summed E-state index contributed by atoms with van der Waals surface area (Å²) in [7, 11) is 0. The summed E-state index contributed by atoms with van der Waals surface area (Å²) in [5.41, 5.74) is 4.12. The van der Waals surface area contributed by atoms with Gasteiger partial charge in [0, 0.05) is 5.41 Å². The highest BCUT2D eigenvalue weighted by molar-refractivity contribution is 5.77. The van der Waals surface area contributed by atoms with Crippen molar-refractivity contribution in [2.45, 2.75) is 56.8 Å². The number of benzene rings is 3. The van der Waals surface area contributed by atoms with Crippen LogP contribution in [0.5, 0.6) is 34.5 Å². The van der Waals surface area contributed by atoms with Crippen molar-refractivity contribution < 1.29 is 19.7 Å². The average molecular weight is 465 g/mol. The van der Waals surface area contributed by atoms with E-state index in [1.165, 1.54) is 0 Å². The molecule has 2 aliphatic carbocycles. The molecule has 6 nitrogen and oxygen atoms in total. The van der Waals surface area contributed by atoms with Gasteiger partial charge in [-0.15, -0.1) is 0 Å². The van der Waals surface area contributed by atoms with Crippen LogP contribution in [0.25, 0.3) is 9.69 Å². The van der Waals surface area contributed by atoms with Crippen LogP contribution in [-0.4, -0.2) is 10.2 Å². The molecule has 6 rings (SSSR count). The highest BCUT2D eigenvalue weighted by Crippen LogP contribution is 2.65. The molecule has 1 heterocycles. The van der Waals surface area contributed by atoms with E-state index < -0.39 is 0 Å². The van der Waals surface area contributed by atoms with Crippen LogP contribution in [0, 0.1) is 13.1 Å². The summed E-state index contributed by atoms with van der Waals surface area (Å²) < 4.78 is 12.4. The van der Waals surface area contributed by atoms with Crippen molar-refractivity contribution in [3.63, 3.8) is 0 Å². The summed E-state index contributed by atoms with van der Waals surface area (Å²) in [4.78, 5) is 6.90. The van der Waals surface area contributed by atoms with Crippen LogP contribution in [0.15, 0.2) is 36.4 Å². The maximum absolute atomic E-state index is 10.4. The summed E-state index contributed by atoms with van der Waals surface area (Å²) in [6, 6.07) is 10.6. The van der Waals surface area contributed by atoms with Gasteiger partial charge in [-0.25, -0.2) is 9.69 Å². The number of nitrogens with zero attached hydrogens (tertiary/aromatic N) is 2. The molecule has 0 aromatic heterocycles. The van der Waals surface area contributed by atoms with Crippen molar-refractivity contribution in [3.05, 3.63) is 81.5 Å². The van der Waals surface area contributed by atoms with Crippen molar-refractivity contribution in [2.75, 3.05) is 0 Å². The lowest BCUT2D eigenvalue weighted by atomic mass is 9.72. The van der Waals surface area contributed by atoms with Crippen LogP contribution in [0.2, 0.25) is 0 Å². The number of rotatable bonds is 0. The van der Waals surface area contributed by atoms with Crippen LogP contribution < -0.4 is 9.47 Å². The Bertz CT molecular complexity index is 1550. The zero-order valence-corrected chi connectivity index (χ0v) is 20.0. The highest BCUT2D eigenvalue weighted by Gasteiger charge is 2.57. The molecule has 0 amide bonds. The number of phenols is 2. The van der Waals surface area contributed by atoms with Crippen molar-refractivity contribution in [3.8, 4) is 34.5 Å². The van der Waals surface area contributed by atoms with Gasteiger partial charge in [-0.3, -0.25) is 0 Å². The topological polar surface area (TPSA) is 67.6 Å². The molecule has 1 atom stereocenters. The summed E-state index contributed by atoms with van der Waals surface area (Å²) in [6.07, 6.45) is 1.68. The van der Waals surface area contributed by atoms with Gasteiger partial charge < -0.3 is 19.7 Å². The third-order valence-electron chi connectivity index (χ3n) is 7.90. The monoisotopic (exact) mass is 464 g/mol. The number of fused-ring (bicyclic) bond motifs is 6. The summed E-state index contributed by atoms with van der Waals surface area (Å²) in [6.45, 7) is 23.5. The average Bonchev–Trinajstić information content (AvgIpc) is 3.15. The minimum absolute atomic E-state index is 0.0977. The van der Waals surface area contributed by atoms with Crippen LogP contribution in [0.3, 0.4) is 0 Å². The van der Waals surface area contributed by atoms with Crippen LogP contribution in [0.4, 0.5) is 11.4 Å². The smallest absolute Gasteiger partial charge is 0.198 e. The van der Waals surface area contributed by atoms with E-state index in [4.69, 9.17) is 22.6 Å². The third kappa shape index (κ3) is 2.74. The van der Waals surface area contributed by atoms with Gasteiger partial charge in [-0.1, -0.05) is 27.7 Å². The molecule has 2 N–H and O–H groups in total. The normalized spacial score (nSPS) is 21.5. The SMILES string of the molecule is [C-]#[N+]c1cc2c(cc1[N+]#[C-])Oc1cc3c(cc1O2)C(C)(C)CC31CC(C)(C)c2cc(O)c(O)cc21. The summed E-state index contributed by atoms with van der Waals surface area (Å²) in [5.74, 6) is 1.78. The lowest BCUT2D eigenvalue weighted by Gasteiger charge is -2.31. The van der Waals surface area contributed by atoms with Gasteiger partial charge in [-0.2, -0.15) is 0 Å². The first kappa shape index (κ1) is 21.4. The molecule has 3 aromatic rings. The number of phenolic OH excluding ortho intramolecular Hbond substituents is 2. The molecule has 35 heavy (non-hydrogen) atoms. The second kappa shape index (κ2) is 6.49. The molecule has 1 aliphatic heterocycles. The highest BCUT2D eigenvalue weighted by atomic mass is 16.6. The predicted octanol–water partition coefficient (Wildman–Crippen LogP) is 7.75. The van der Waals surface area contributed by atoms with E-state index in [1.54, 1.807) is 24.3 Å². The van der Waals surface area contributed by atoms with Gasteiger partial charge in [0.05, 0.1) is 13.1 Å². The molecule has 174 valence electrons. The maximum Gasteiger partial charge on any atom is 0.198 e. The molecule has 0 bridgehead atoms. The molecule has 3 aliphatic rings. The molecule has 6 heteroatoms. The van der Waals surface area contributed by atoms with Gasteiger partial charge in [0.2, 0.25) is 0 Å². The lowest BCUT2D eigenvalue weighted by Crippen LogP contribution is -2.27. The Balaban J connectivity index is 1.55. The standard InChI is InChI=1S/C29H24N2O4/c1-27(2)13-29(17-8-22(33)21(32)7-15(17)27)14-28(3,4)16-9-23-24(10-18(16)29)35-26-12-20(31-6)19(30-5)11-25(26)34-23/h7-12,32-33H,13-14H2,1-4H3. The molecule has 0 fully saturated rings. The second-order valence-corrected chi connectivity index (χ2v) is 11.1. The van der Waals surface area contributed by atoms with E-state index in [1.807, 2.05) is 12.1 Å². The van der Waals surface area contributed by atoms with Crippen LogP contribution >= 0.6 is 0 Å². The molecule has 3 aromatic carbocycles. The van der Waals surface area contributed by atoms with Crippen molar-refractivity contribution in [2.24, 2.45) is 0 Å². The van der Waals surface area contributed by atoms with E-state index in [2.05, 4.69) is 37.4 Å². The van der Waals surface area contributed by atoms with Gasteiger partial charge in [0.15, 0.2) is 45.9 Å². The zero-order valence-electron chi connectivity index (χ0n) is 20.0. The minimum Gasteiger partial charge on any atom is -0.504 e.